The number of aromatic nitrogens is 2. The number of hydrogen-bond acceptors (Lipinski definition) is 5. The smallest absolute Gasteiger partial charge is 0.247 e. The normalized spacial score (nSPS) is 10.8. The Balaban J connectivity index is 3.01. The van der Waals surface area contributed by atoms with Crippen LogP contribution in [0.25, 0.3) is 0 Å². The van der Waals surface area contributed by atoms with Crippen LogP contribution in [0.5, 0.6) is 5.88 Å². The number of rotatable bonds is 7. The maximum atomic E-state index is 12.5. The van der Waals surface area contributed by atoms with E-state index < -0.39 is 5.41 Å². The molecule has 0 atom stereocenters. The van der Waals surface area contributed by atoms with Gasteiger partial charge in [0, 0.05) is 11.8 Å². The molecule has 1 heterocycles. The molecule has 0 bridgehead atoms. The summed E-state index contributed by atoms with van der Waals surface area (Å²) in [6, 6.07) is 3.85. The highest BCUT2D eigenvalue weighted by Crippen LogP contribution is 2.30. The Hall–Kier alpha value is -2.16. The van der Waals surface area contributed by atoms with Crippen LogP contribution in [0.3, 0.4) is 0 Å². The standard InChI is InChI=1S/C15H22N4O2/c1-5-7-15(10-16,8-6-2)13(20)19-14-17-11(3)9-12(18-14)21-4/h9H,5-8H2,1-4H3,(H,17,18,19,20). The number of nitrogens with zero attached hydrogens (tertiary/aromatic N) is 3. The summed E-state index contributed by atoms with van der Waals surface area (Å²) in [5.41, 5.74) is -0.338. The first-order chi connectivity index (χ1) is 10.0. The molecule has 0 saturated carbocycles. The summed E-state index contributed by atoms with van der Waals surface area (Å²) in [4.78, 5) is 20.7. The number of nitrogens with one attached hydrogen (secondary N) is 1. The summed E-state index contributed by atoms with van der Waals surface area (Å²) in [7, 11) is 1.50. The lowest BCUT2D eigenvalue weighted by Gasteiger charge is -2.24. The summed E-state index contributed by atoms with van der Waals surface area (Å²) in [5, 5.41) is 12.1. The zero-order valence-electron chi connectivity index (χ0n) is 13.1. The van der Waals surface area contributed by atoms with Crippen molar-refractivity contribution in [2.24, 2.45) is 5.41 Å². The SMILES string of the molecule is CCCC(C#N)(CCC)C(=O)Nc1nc(C)cc(OC)n1. The zero-order chi connectivity index (χ0) is 15.9. The first kappa shape index (κ1) is 16.9. The molecule has 0 aromatic carbocycles. The third kappa shape index (κ3) is 4.15. The molecular formula is C15H22N4O2. The molecule has 1 aromatic heterocycles. The molecule has 0 aliphatic rings. The van der Waals surface area contributed by atoms with E-state index in [1.165, 1.54) is 7.11 Å². The van der Waals surface area contributed by atoms with E-state index in [1.54, 1.807) is 13.0 Å². The number of carbonyl (C=O) groups excluding carboxylic acids is 1. The van der Waals surface area contributed by atoms with E-state index in [0.29, 0.717) is 24.4 Å². The van der Waals surface area contributed by atoms with E-state index in [9.17, 15) is 10.1 Å². The Kier molecular flexibility index (Phi) is 6.10. The lowest BCUT2D eigenvalue weighted by Crippen LogP contribution is -2.35. The molecule has 0 fully saturated rings. The molecule has 0 aliphatic carbocycles. The zero-order valence-corrected chi connectivity index (χ0v) is 13.1. The molecule has 0 aliphatic heterocycles. The Morgan fingerprint density at radius 3 is 2.48 bits per heavy atom. The van der Waals surface area contributed by atoms with E-state index in [2.05, 4.69) is 21.4 Å². The highest BCUT2D eigenvalue weighted by atomic mass is 16.5. The van der Waals surface area contributed by atoms with E-state index >= 15 is 0 Å². The minimum absolute atomic E-state index is 0.170. The highest BCUT2D eigenvalue weighted by Gasteiger charge is 2.37. The molecule has 0 unspecified atom stereocenters. The van der Waals surface area contributed by atoms with E-state index in [1.807, 2.05) is 13.8 Å². The molecule has 1 amide bonds. The van der Waals surface area contributed by atoms with Gasteiger partial charge in [-0.05, 0) is 19.8 Å². The van der Waals surface area contributed by atoms with Gasteiger partial charge in [0.1, 0.15) is 5.41 Å². The van der Waals surface area contributed by atoms with Crippen molar-refractivity contribution in [1.82, 2.24) is 9.97 Å². The van der Waals surface area contributed by atoms with Crippen molar-refractivity contribution in [3.63, 3.8) is 0 Å². The van der Waals surface area contributed by atoms with Crippen molar-refractivity contribution in [2.75, 3.05) is 12.4 Å². The molecule has 0 spiro atoms. The van der Waals surface area contributed by atoms with Gasteiger partial charge in [-0.2, -0.15) is 10.2 Å². The summed E-state index contributed by atoms with van der Waals surface area (Å²) < 4.78 is 5.06. The maximum absolute atomic E-state index is 12.5. The predicted molar refractivity (Wildman–Crippen MR) is 79.8 cm³/mol. The Labute approximate surface area is 125 Å². The second-order valence-electron chi connectivity index (χ2n) is 5.02. The van der Waals surface area contributed by atoms with Gasteiger partial charge >= 0.3 is 0 Å². The Morgan fingerprint density at radius 2 is 2.00 bits per heavy atom. The topological polar surface area (TPSA) is 87.9 Å². The maximum Gasteiger partial charge on any atom is 0.247 e. The van der Waals surface area contributed by atoms with Gasteiger partial charge in [-0.15, -0.1) is 0 Å². The summed E-state index contributed by atoms with van der Waals surface area (Å²) in [6.45, 7) is 5.71. The van der Waals surface area contributed by atoms with Gasteiger partial charge in [-0.25, -0.2) is 4.98 Å². The van der Waals surface area contributed by atoms with Crippen LogP contribution in [0.1, 0.15) is 45.2 Å². The molecule has 0 saturated heterocycles. The fourth-order valence-corrected chi connectivity index (χ4v) is 2.29. The summed E-state index contributed by atoms with van der Waals surface area (Å²) in [5.74, 6) is 0.205. The van der Waals surface area contributed by atoms with Crippen molar-refractivity contribution in [3.05, 3.63) is 11.8 Å². The Bertz CT molecular complexity index is 531. The van der Waals surface area contributed by atoms with Crippen molar-refractivity contribution in [2.45, 2.75) is 46.5 Å². The number of hydrogen-bond donors (Lipinski definition) is 1. The van der Waals surface area contributed by atoms with Crippen molar-refractivity contribution in [1.29, 1.82) is 5.26 Å². The average molecular weight is 290 g/mol. The number of carbonyl (C=O) groups is 1. The third-order valence-electron chi connectivity index (χ3n) is 3.27. The number of ether oxygens (including phenoxy) is 1. The van der Waals surface area contributed by atoms with Gasteiger partial charge in [-0.1, -0.05) is 26.7 Å². The number of aryl methyl sites for hydroxylation is 1. The third-order valence-corrected chi connectivity index (χ3v) is 3.27. The van der Waals surface area contributed by atoms with Gasteiger partial charge in [0.15, 0.2) is 0 Å². The molecular weight excluding hydrogens is 268 g/mol. The Morgan fingerprint density at radius 1 is 1.38 bits per heavy atom. The molecule has 1 aromatic rings. The molecule has 1 N–H and O–H groups in total. The fourth-order valence-electron chi connectivity index (χ4n) is 2.29. The number of amides is 1. The molecule has 6 heteroatoms. The van der Waals surface area contributed by atoms with Gasteiger partial charge < -0.3 is 4.74 Å². The number of nitriles is 1. The lowest BCUT2D eigenvalue weighted by molar-refractivity contribution is -0.123. The molecule has 1 rings (SSSR count). The van der Waals surface area contributed by atoms with E-state index in [4.69, 9.17) is 4.74 Å². The van der Waals surface area contributed by atoms with Crippen LogP contribution in [0.15, 0.2) is 6.07 Å². The molecule has 114 valence electrons. The van der Waals surface area contributed by atoms with Crippen molar-refractivity contribution in [3.8, 4) is 11.9 Å². The van der Waals surface area contributed by atoms with Crippen LogP contribution in [0.4, 0.5) is 5.95 Å². The average Bonchev–Trinajstić information content (AvgIpc) is 2.46. The van der Waals surface area contributed by atoms with Crippen LogP contribution in [-0.2, 0) is 4.79 Å². The van der Waals surface area contributed by atoms with Gasteiger partial charge in [-0.3, -0.25) is 10.1 Å². The van der Waals surface area contributed by atoms with E-state index in [-0.39, 0.29) is 11.9 Å². The minimum atomic E-state index is -1.02. The van der Waals surface area contributed by atoms with Crippen molar-refractivity contribution >= 4 is 11.9 Å². The second-order valence-corrected chi connectivity index (χ2v) is 5.02. The molecule has 21 heavy (non-hydrogen) atoms. The molecule has 0 radical (unpaired) electrons. The number of anilines is 1. The summed E-state index contributed by atoms with van der Waals surface area (Å²) in [6.07, 6.45) is 2.57. The highest BCUT2D eigenvalue weighted by molar-refractivity contribution is 5.96. The predicted octanol–water partition coefficient (Wildman–Crippen LogP) is 2.84. The van der Waals surface area contributed by atoms with Crippen LogP contribution in [0, 0.1) is 23.7 Å². The van der Waals surface area contributed by atoms with Crippen LogP contribution < -0.4 is 10.1 Å². The largest absolute Gasteiger partial charge is 0.481 e. The quantitative estimate of drug-likeness (QED) is 0.834. The van der Waals surface area contributed by atoms with Crippen LogP contribution in [-0.4, -0.2) is 23.0 Å². The van der Waals surface area contributed by atoms with Gasteiger partial charge in [0.25, 0.3) is 0 Å². The van der Waals surface area contributed by atoms with Crippen LogP contribution >= 0.6 is 0 Å². The van der Waals surface area contributed by atoms with E-state index in [0.717, 1.165) is 12.8 Å². The fraction of sp³-hybridized carbons (Fsp3) is 0.600. The second kappa shape index (κ2) is 7.58. The summed E-state index contributed by atoms with van der Waals surface area (Å²) >= 11 is 0. The van der Waals surface area contributed by atoms with Crippen molar-refractivity contribution < 1.29 is 9.53 Å². The monoisotopic (exact) mass is 290 g/mol. The minimum Gasteiger partial charge on any atom is -0.481 e. The lowest BCUT2D eigenvalue weighted by atomic mass is 9.80. The first-order valence-corrected chi connectivity index (χ1v) is 7.13. The number of methoxy groups -OCH3 is 1. The van der Waals surface area contributed by atoms with Gasteiger partial charge in [0.2, 0.25) is 17.7 Å². The van der Waals surface area contributed by atoms with Gasteiger partial charge in [0.05, 0.1) is 13.2 Å². The molecule has 6 nitrogen and oxygen atoms in total. The van der Waals surface area contributed by atoms with Crippen LogP contribution in [0.2, 0.25) is 0 Å². The first-order valence-electron chi connectivity index (χ1n) is 7.13.